The first-order chi connectivity index (χ1) is 14.8. The van der Waals surface area contributed by atoms with Gasteiger partial charge in [0.15, 0.2) is 0 Å². The van der Waals surface area contributed by atoms with E-state index in [1.165, 1.54) is 24.3 Å². The fraction of sp³-hybridized carbons (Fsp3) is 0.0909. The first-order valence-corrected chi connectivity index (χ1v) is 9.64. The Bertz CT molecular complexity index is 1230. The number of benzene rings is 2. The molecule has 3 aromatic rings. The molecule has 2 aromatic carbocycles. The summed E-state index contributed by atoms with van der Waals surface area (Å²) in [6.07, 6.45) is 1.39. The first-order valence-electron chi connectivity index (χ1n) is 9.26. The van der Waals surface area contributed by atoms with Crippen molar-refractivity contribution in [3.05, 3.63) is 92.3 Å². The van der Waals surface area contributed by atoms with Gasteiger partial charge < -0.3 is 9.73 Å². The molecule has 4 rings (SSSR count). The van der Waals surface area contributed by atoms with E-state index in [2.05, 4.69) is 5.32 Å². The van der Waals surface area contributed by atoms with E-state index in [9.17, 15) is 19.7 Å². The van der Waals surface area contributed by atoms with Gasteiger partial charge in [-0.05, 0) is 36.8 Å². The number of hydrogen-bond acceptors (Lipinski definition) is 5. The van der Waals surface area contributed by atoms with Crippen LogP contribution >= 0.6 is 11.6 Å². The second-order valence-corrected chi connectivity index (χ2v) is 7.42. The molecule has 1 saturated heterocycles. The van der Waals surface area contributed by atoms with Crippen molar-refractivity contribution in [2.24, 2.45) is 0 Å². The highest BCUT2D eigenvalue weighted by Crippen LogP contribution is 2.33. The van der Waals surface area contributed by atoms with Crippen molar-refractivity contribution in [3.8, 4) is 11.3 Å². The Morgan fingerprint density at radius 2 is 1.87 bits per heavy atom. The third kappa shape index (κ3) is 4.19. The van der Waals surface area contributed by atoms with E-state index in [0.717, 1.165) is 16.0 Å². The summed E-state index contributed by atoms with van der Waals surface area (Å²) in [6, 6.07) is 14.4. The third-order valence-electron chi connectivity index (χ3n) is 4.76. The zero-order chi connectivity index (χ0) is 22.1. The number of aryl methyl sites for hydroxylation is 1. The average Bonchev–Trinajstić information content (AvgIpc) is 3.29. The van der Waals surface area contributed by atoms with Crippen molar-refractivity contribution in [3.63, 3.8) is 0 Å². The Morgan fingerprint density at radius 3 is 2.58 bits per heavy atom. The van der Waals surface area contributed by atoms with Crippen LogP contribution in [-0.2, 0) is 11.3 Å². The second kappa shape index (κ2) is 8.08. The maximum Gasteiger partial charge on any atom is 0.329 e. The van der Waals surface area contributed by atoms with Gasteiger partial charge in [-0.15, -0.1) is 0 Å². The zero-order valence-corrected chi connectivity index (χ0v) is 17.1. The van der Waals surface area contributed by atoms with Crippen LogP contribution in [0.3, 0.4) is 0 Å². The van der Waals surface area contributed by atoms with Crippen LogP contribution in [0.1, 0.15) is 16.9 Å². The van der Waals surface area contributed by atoms with E-state index in [0.29, 0.717) is 0 Å². The minimum absolute atomic E-state index is 0.0589. The molecule has 1 N–H and O–H groups in total. The molecule has 31 heavy (non-hydrogen) atoms. The number of nitrogens with zero attached hydrogens (tertiary/aromatic N) is 2. The normalized spacial score (nSPS) is 14.9. The Balaban J connectivity index is 1.57. The topological polar surface area (TPSA) is 106 Å². The lowest BCUT2D eigenvalue weighted by molar-refractivity contribution is -0.384. The molecule has 156 valence electrons. The van der Waals surface area contributed by atoms with Crippen molar-refractivity contribution in [2.45, 2.75) is 13.5 Å². The molecule has 1 aliphatic heterocycles. The molecule has 1 fully saturated rings. The predicted molar refractivity (Wildman–Crippen MR) is 114 cm³/mol. The summed E-state index contributed by atoms with van der Waals surface area (Å²) in [7, 11) is 0. The number of nitrogens with one attached hydrogen (secondary N) is 1. The van der Waals surface area contributed by atoms with Gasteiger partial charge in [0.1, 0.15) is 17.2 Å². The first kappa shape index (κ1) is 20.4. The number of imide groups is 1. The number of amides is 3. The zero-order valence-electron chi connectivity index (χ0n) is 16.3. The molecule has 0 radical (unpaired) electrons. The summed E-state index contributed by atoms with van der Waals surface area (Å²) in [6.45, 7) is 2.09. The molecule has 0 atom stereocenters. The molecule has 0 bridgehead atoms. The monoisotopic (exact) mass is 437 g/mol. The predicted octanol–water partition coefficient (Wildman–Crippen LogP) is 4.91. The minimum Gasteiger partial charge on any atom is -0.456 e. The Hall–Kier alpha value is -3.91. The van der Waals surface area contributed by atoms with Crippen LogP contribution in [0.25, 0.3) is 17.4 Å². The number of carbonyl (C=O) groups excluding carboxylic acids is 2. The van der Waals surface area contributed by atoms with E-state index in [4.69, 9.17) is 16.0 Å². The van der Waals surface area contributed by atoms with Crippen molar-refractivity contribution in [1.82, 2.24) is 10.2 Å². The van der Waals surface area contributed by atoms with Crippen molar-refractivity contribution < 1.29 is 18.9 Å². The molecule has 1 aromatic heterocycles. The number of halogens is 1. The van der Waals surface area contributed by atoms with Gasteiger partial charge in [0.2, 0.25) is 0 Å². The summed E-state index contributed by atoms with van der Waals surface area (Å²) >= 11 is 5.85. The molecule has 0 aliphatic carbocycles. The third-order valence-corrected chi connectivity index (χ3v) is 4.99. The molecule has 3 amide bonds. The summed E-state index contributed by atoms with van der Waals surface area (Å²) < 4.78 is 5.67. The highest BCUT2D eigenvalue weighted by Gasteiger charge is 2.33. The Kier molecular flexibility index (Phi) is 5.31. The molecule has 0 spiro atoms. The van der Waals surface area contributed by atoms with Crippen LogP contribution in [0.5, 0.6) is 0 Å². The van der Waals surface area contributed by atoms with Gasteiger partial charge in [-0.3, -0.25) is 19.8 Å². The van der Waals surface area contributed by atoms with Crippen molar-refractivity contribution >= 4 is 35.3 Å². The maximum absolute atomic E-state index is 12.7. The van der Waals surface area contributed by atoms with Gasteiger partial charge in [-0.25, -0.2) is 4.79 Å². The van der Waals surface area contributed by atoms with Gasteiger partial charge in [0, 0.05) is 17.2 Å². The van der Waals surface area contributed by atoms with Gasteiger partial charge in [-0.2, -0.15) is 0 Å². The smallest absolute Gasteiger partial charge is 0.329 e. The summed E-state index contributed by atoms with van der Waals surface area (Å²) in [5.74, 6) is 0.0181. The largest absolute Gasteiger partial charge is 0.456 e. The van der Waals surface area contributed by atoms with Crippen molar-refractivity contribution in [2.75, 3.05) is 0 Å². The van der Waals surface area contributed by atoms with Crippen LogP contribution in [-0.4, -0.2) is 21.8 Å². The average molecular weight is 438 g/mol. The Labute approximate surface area is 181 Å². The van der Waals surface area contributed by atoms with Gasteiger partial charge in [0.25, 0.3) is 11.6 Å². The number of nitro benzene ring substituents is 1. The molecule has 9 heteroatoms. The standard InChI is InChI=1S/C22H16ClN3O5/c1-13-2-4-14(5-3-13)12-25-21(27)18(24-22(25)28)11-16-7-9-20(31-16)17-8-6-15(23)10-19(17)26(29)30/h2-11H,12H2,1H3,(H,24,28)/b18-11+. The van der Waals surface area contributed by atoms with E-state index in [1.807, 2.05) is 31.2 Å². The van der Waals surface area contributed by atoms with Gasteiger partial charge >= 0.3 is 6.03 Å². The fourth-order valence-electron chi connectivity index (χ4n) is 3.17. The van der Waals surface area contributed by atoms with Gasteiger partial charge in [-0.1, -0.05) is 41.4 Å². The summed E-state index contributed by atoms with van der Waals surface area (Å²) in [4.78, 5) is 36.8. The number of hydrogen-bond donors (Lipinski definition) is 1. The second-order valence-electron chi connectivity index (χ2n) is 6.99. The number of carbonyl (C=O) groups is 2. The van der Waals surface area contributed by atoms with E-state index >= 15 is 0 Å². The molecule has 0 unspecified atom stereocenters. The molecule has 8 nitrogen and oxygen atoms in total. The summed E-state index contributed by atoms with van der Waals surface area (Å²) in [5.41, 5.74) is 2.02. The molecular weight excluding hydrogens is 422 g/mol. The van der Waals surface area contributed by atoms with Crippen LogP contribution < -0.4 is 5.32 Å². The van der Waals surface area contributed by atoms with Crippen LogP contribution in [0.2, 0.25) is 5.02 Å². The SMILES string of the molecule is Cc1ccc(CN2C(=O)N/C(=C/c3ccc(-c4ccc(Cl)cc4[N+](=O)[O-])o3)C2=O)cc1. The summed E-state index contributed by atoms with van der Waals surface area (Å²) in [5, 5.41) is 14.1. The number of rotatable bonds is 5. The quantitative estimate of drug-likeness (QED) is 0.264. The number of nitro groups is 1. The van der Waals surface area contributed by atoms with E-state index in [1.54, 1.807) is 12.1 Å². The lowest BCUT2D eigenvalue weighted by Crippen LogP contribution is -2.30. The van der Waals surface area contributed by atoms with Gasteiger partial charge in [0.05, 0.1) is 17.0 Å². The molecule has 1 aliphatic rings. The van der Waals surface area contributed by atoms with Crippen LogP contribution in [0, 0.1) is 17.0 Å². The molecule has 0 saturated carbocycles. The van der Waals surface area contributed by atoms with Crippen LogP contribution in [0.4, 0.5) is 10.5 Å². The van der Waals surface area contributed by atoms with E-state index < -0.39 is 16.9 Å². The lowest BCUT2D eigenvalue weighted by atomic mass is 10.1. The minimum atomic E-state index is -0.550. The maximum atomic E-state index is 12.7. The Morgan fingerprint density at radius 1 is 1.13 bits per heavy atom. The number of urea groups is 1. The van der Waals surface area contributed by atoms with E-state index in [-0.39, 0.29) is 40.0 Å². The lowest BCUT2D eigenvalue weighted by Gasteiger charge is -2.11. The van der Waals surface area contributed by atoms with Crippen molar-refractivity contribution in [1.29, 1.82) is 0 Å². The fourth-order valence-corrected chi connectivity index (χ4v) is 3.34. The highest BCUT2D eigenvalue weighted by atomic mass is 35.5. The number of furan rings is 1. The highest BCUT2D eigenvalue weighted by molar-refractivity contribution is 6.30. The van der Waals surface area contributed by atoms with Crippen LogP contribution in [0.15, 0.2) is 64.7 Å². The molecular formula is C22H16ClN3O5. The molecule has 2 heterocycles.